The molecule has 0 spiro atoms. The fourth-order valence-corrected chi connectivity index (χ4v) is 2.07. The predicted molar refractivity (Wildman–Crippen MR) is 80.3 cm³/mol. The van der Waals surface area contributed by atoms with E-state index in [4.69, 9.17) is 10.5 Å². The Hall–Kier alpha value is -1.07. The van der Waals surface area contributed by atoms with Crippen LogP contribution in [0.5, 0.6) is 5.75 Å². The number of benzene rings is 1. The smallest absolute Gasteiger partial charge is 0.260 e. The third-order valence-electron chi connectivity index (χ3n) is 2.54. The molecule has 0 fully saturated rings. The first-order valence-electron chi connectivity index (χ1n) is 6.39. The molecule has 0 aliphatic carbocycles. The highest BCUT2D eigenvalue weighted by molar-refractivity contribution is 9.10. The Kier molecular flexibility index (Phi) is 6.31. The van der Waals surface area contributed by atoms with Gasteiger partial charge in [-0.05, 0) is 57.5 Å². The fourth-order valence-electron chi connectivity index (χ4n) is 1.66. The normalized spacial score (nSPS) is 12.3. The molecule has 0 aromatic heterocycles. The molecule has 1 rings (SSSR count). The van der Waals surface area contributed by atoms with Crippen LogP contribution in [0, 0.1) is 0 Å². The zero-order valence-electron chi connectivity index (χ0n) is 11.6. The molecule has 3 N–H and O–H groups in total. The molecule has 0 aliphatic rings. The lowest BCUT2D eigenvalue weighted by Crippen LogP contribution is -2.40. The van der Waals surface area contributed by atoms with Gasteiger partial charge in [-0.25, -0.2) is 0 Å². The number of hydrogen-bond donors (Lipinski definition) is 2. The van der Waals surface area contributed by atoms with Crippen molar-refractivity contribution in [3.63, 3.8) is 0 Å². The summed E-state index contributed by atoms with van der Waals surface area (Å²) >= 11 is 3.42. The molecule has 0 saturated heterocycles. The molecule has 5 heteroatoms. The average Bonchev–Trinajstić information content (AvgIpc) is 2.32. The van der Waals surface area contributed by atoms with Gasteiger partial charge in [-0.2, -0.15) is 0 Å². The number of halogens is 1. The largest absolute Gasteiger partial charge is 0.481 e. The van der Waals surface area contributed by atoms with Gasteiger partial charge in [-0.1, -0.05) is 15.9 Å². The maximum absolute atomic E-state index is 11.8. The van der Waals surface area contributed by atoms with Crippen molar-refractivity contribution in [2.45, 2.75) is 39.3 Å². The molecular formula is C14H21BrN2O2. The first-order chi connectivity index (χ1) is 8.93. The van der Waals surface area contributed by atoms with Gasteiger partial charge in [-0.3, -0.25) is 4.79 Å². The third kappa shape index (κ3) is 5.20. The van der Waals surface area contributed by atoms with Gasteiger partial charge < -0.3 is 15.8 Å². The summed E-state index contributed by atoms with van der Waals surface area (Å²) < 4.78 is 6.70. The maximum Gasteiger partial charge on any atom is 0.260 e. The molecule has 4 nitrogen and oxygen atoms in total. The quantitative estimate of drug-likeness (QED) is 0.841. The molecule has 0 aliphatic heterocycles. The predicted octanol–water partition coefficient (Wildman–Crippen LogP) is 2.24. The van der Waals surface area contributed by atoms with E-state index in [2.05, 4.69) is 21.2 Å². The number of ether oxygens (including phenoxy) is 1. The second-order valence-corrected chi connectivity index (χ2v) is 5.63. The van der Waals surface area contributed by atoms with E-state index in [9.17, 15) is 4.79 Å². The van der Waals surface area contributed by atoms with Crippen molar-refractivity contribution in [2.75, 3.05) is 6.54 Å². The van der Waals surface area contributed by atoms with E-state index in [1.54, 1.807) is 6.92 Å². The molecule has 19 heavy (non-hydrogen) atoms. The minimum Gasteiger partial charge on any atom is -0.481 e. The Labute approximate surface area is 122 Å². The Morgan fingerprint density at radius 2 is 2.11 bits per heavy atom. The highest BCUT2D eigenvalue weighted by Gasteiger charge is 2.16. The summed E-state index contributed by atoms with van der Waals surface area (Å²) in [6, 6.07) is 5.82. The van der Waals surface area contributed by atoms with Gasteiger partial charge >= 0.3 is 0 Å². The highest BCUT2D eigenvalue weighted by Crippen LogP contribution is 2.24. The van der Waals surface area contributed by atoms with E-state index in [1.165, 1.54) is 0 Å². The summed E-state index contributed by atoms with van der Waals surface area (Å²) in [6.07, 6.45) is 0.188. The summed E-state index contributed by atoms with van der Waals surface area (Å²) in [7, 11) is 0. The van der Waals surface area contributed by atoms with Crippen LogP contribution in [-0.2, 0) is 11.2 Å². The third-order valence-corrected chi connectivity index (χ3v) is 3.03. The summed E-state index contributed by atoms with van der Waals surface area (Å²) in [6.45, 7) is 6.12. The first-order valence-corrected chi connectivity index (χ1v) is 7.19. The monoisotopic (exact) mass is 328 g/mol. The van der Waals surface area contributed by atoms with Crippen LogP contribution >= 0.6 is 15.9 Å². The number of hydrogen-bond acceptors (Lipinski definition) is 3. The van der Waals surface area contributed by atoms with Gasteiger partial charge in [0, 0.05) is 10.5 Å². The van der Waals surface area contributed by atoms with Gasteiger partial charge in [0.25, 0.3) is 5.91 Å². The summed E-state index contributed by atoms with van der Waals surface area (Å²) in [5, 5.41) is 2.83. The van der Waals surface area contributed by atoms with Crippen LogP contribution in [0.15, 0.2) is 22.7 Å². The van der Waals surface area contributed by atoms with Crippen molar-refractivity contribution in [1.82, 2.24) is 5.32 Å². The number of amides is 1. The maximum atomic E-state index is 11.8. The fraction of sp³-hybridized carbons (Fsp3) is 0.500. The Morgan fingerprint density at radius 3 is 2.68 bits per heavy atom. The van der Waals surface area contributed by atoms with Crippen LogP contribution < -0.4 is 15.8 Å². The molecule has 0 radical (unpaired) electrons. The second kappa shape index (κ2) is 7.50. The van der Waals surface area contributed by atoms with Crippen molar-refractivity contribution in [2.24, 2.45) is 5.73 Å². The van der Waals surface area contributed by atoms with E-state index in [-0.39, 0.29) is 11.9 Å². The van der Waals surface area contributed by atoms with E-state index in [0.717, 1.165) is 10.0 Å². The molecule has 1 unspecified atom stereocenters. The Balaban J connectivity index is 2.78. The first kappa shape index (κ1) is 16.0. The second-order valence-electron chi connectivity index (χ2n) is 4.71. The van der Waals surface area contributed by atoms with Crippen LogP contribution in [0.2, 0.25) is 0 Å². The molecule has 0 heterocycles. The van der Waals surface area contributed by atoms with Crippen LogP contribution in [0.3, 0.4) is 0 Å². The summed E-state index contributed by atoms with van der Waals surface area (Å²) in [4.78, 5) is 11.8. The minimum absolute atomic E-state index is 0.104. The van der Waals surface area contributed by atoms with Crippen molar-refractivity contribution in [1.29, 1.82) is 0 Å². The average molecular weight is 329 g/mol. The van der Waals surface area contributed by atoms with Gasteiger partial charge in [0.15, 0.2) is 6.10 Å². The van der Waals surface area contributed by atoms with E-state index < -0.39 is 6.10 Å². The minimum atomic E-state index is -0.528. The molecule has 106 valence electrons. The molecular weight excluding hydrogens is 308 g/mol. The van der Waals surface area contributed by atoms with E-state index >= 15 is 0 Å². The van der Waals surface area contributed by atoms with Gasteiger partial charge in [0.05, 0.1) is 0 Å². The van der Waals surface area contributed by atoms with E-state index in [0.29, 0.717) is 18.7 Å². The molecule has 1 aromatic rings. The number of carbonyl (C=O) groups is 1. The van der Waals surface area contributed by atoms with Crippen LogP contribution in [-0.4, -0.2) is 24.6 Å². The van der Waals surface area contributed by atoms with Crippen LogP contribution in [0.4, 0.5) is 0 Å². The number of carbonyl (C=O) groups excluding carboxylic acids is 1. The molecule has 0 saturated carbocycles. The number of nitrogens with two attached hydrogens (primary N) is 1. The number of rotatable bonds is 6. The SMILES string of the molecule is CC(C)NC(=O)C(C)Oc1ccc(Br)cc1CCN. The molecule has 1 atom stereocenters. The van der Waals surface area contributed by atoms with Gasteiger partial charge in [0.1, 0.15) is 5.75 Å². The van der Waals surface area contributed by atoms with E-state index in [1.807, 2.05) is 32.0 Å². The number of nitrogens with one attached hydrogen (secondary N) is 1. The lowest BCUT2D eigenvalue weighted by molar-refractivity contribution is -0.127. The summed E-state index contributed by atoms with van der Waals surface area (Å²) in [5.74, 6) is 0.594. The van der Waals surface area contributed by atoms with Crippen LogP contribution in [0.1, 0.15) is 26.3 Å². The van der Waals surface area contributed by atoms with Crippen molar-refractivity contribution >= 4 is 21.8 Å². The van der Waals surface area contributed by atoms with Gasteiger partial charge in [-0.15, -0.1) is 0 Å². The highest BCUT2D eigenvalue weighted by atomic mass is 79.9. The van der Waals surface area contributed by atoms with Crippen molar-refractivity contribution < 1.29 is 9.53 Å². The standard InChI is InChI=1S/C14H21BrN2O2/c1-9(2)17-14(18)10(3)19-13-5-4-12(15)8-11(13)6-7-16/h4-5,8-10H,6-7,16H2,1-3H3,(H,17,18). The zero-order valence-corrected chi connectivity index (χ0v) is 13.2. The lowest BCUT2D eigenvalue weighted by Gasteiger charge is -2.18. The Morgan fingerprint density at radius 1 is 1.42 bits per heavy atom. The molecule has 1 aromatic carbocycles. The van der Waals surface area contributed by atoms with Crippen molar-refractivity contribution in [3.05, 3.63) is 28.2 Å². The zero-order chi connectivity index (χ0) is 14.4. The summed E-state index contributed by atoms with van der Waals surface area (Å²) in [5.41, 5.74) is 6.59. The Bertz CT molecular complexity index is 435. The molecule has 0 bridgehead atoms. The molecule has 1 amide bonds. The lowest BCUT2D eigenvalue weighted by atomic mass is 10.1. The van der Waals surface area contributed by atoms with Gasteiger partial charge in [0.2, 0.25) is 0 Å². The van der Waals surface area contributed by atoms with Crippen molar-refractivity contribution in [3.8, 4) is 5.75 Å². The van der Waals surface area contributed by atoms with Crippen LogP contribution in [0.25, 0.3) is 0 Å². The topological polar surface area (TPSA) is 64.3 Å².